The van der Waals surface area contributed by atoms with E-state index in [0.717, 1.165) is 52.1 Å². The number of rotatable bonds is 4. The van der Waals surface area contributed by atoms with Crippen LogP contribution in [-0.4, -0.2) is 50.1 Å². The predicted molar refractivity (Wildman–Crippen MR) is 58.9 cm³/mol. The third-order valence-corrected chi connectivity index (χ3v) is 3.23. The molecule has 90 valence electrons. The van der Waals surface area contributed by atoms with Crippen LogP contribution in [0, 0.1) is 0 Å². The Bertz CT molecular complexity index is 262. The van der Waals surface area contributed by atoms with Crippen molar-refractivity contribution in [2.45, 2.75) is 25.0 Å². The summed E-state index contributed by atoms with van der Waals surface area (Å²) in [5.74, 6) is -0.276. The third kappa shape index (κ3) is 2.86. The molecule has 2 heterocycles. The van der Waals surface area contributed by atoms with Gasteiger partial charge < -0.3 is 14.4 Å². The maximum Gasteiger partial charge on any atom is 0.170 e. The summed E-state index contributed by atoms with van der Waals surface area (Å²) in [7, 11) is 0. The van der Waals surface area contributed by atoms with Gasteiger partial charge in [-0.3, -0.25) is 0 Å². The highest BCUT2D eigenvalue weighted by atomic mass is 16.7. The first kappa shape index (κ1) is 11.7. The second-order valence-electron chi connectivity index (χ2n) is 4.26. The molecule has 0 aromatic rings. The monoisotopic (exact) mass is 226 g/mol. The number of hydrogen-bond donors (Lipinski definition) is 0. The van der Waals surface area contributed by atoms with Gasteiger partial charge in [0.15, 0.2) is 5.79 Å². The van der Waals surface area contributed by atoms with Crippen LogP contribution >= 0.6 is 0 Å². The first-order valence-electron chi connectivity index (χ1n) is 5.86. The van der Waals surface area contributed by atoms with E-state index in [0.29, 0.717) is 6.54 Å². The molecule has 6 heteroatoms. The van der Waals surface area contributed by atoms with Gasteiger partial charge in [-0.15, -0.1) is 0 Å². The summed E-state index contributed by atoms with van der Waals surface area (Å²) >= 11 is 0. The normalized spacial score (nSPS) is 24.5. The zero-order valence-corrected chi connectivity index (χ0v) is 9.47. The minimum Gasteiger partial charge on any atom is -0.347 e. The van der Waals surface area contributed by atoms with Gasteiger partial charge in [-0.1, -0.05) is 5.11 Å². The molecule has 0 amide bonds. The summed E-state index contributed by atoms with van der Waals surface area (Å²) in [6.07, 6.45) is 2.84. The van der Waals surface area contributed by atoms with Crippen LogP contribution in [0.15, 0.2) is 5.11 Å². The summed E-state index contributed by atoms with van der Waals surface area (Å²) in [4.78, 5) is 5.12. The Balaban J connectivity index is 1.66. The summed E-state index contributed by atoms with van der Waals surface area (Å²) in [5.41, 5.74) is 8.15. The van der Waals surface area contributed by atoms with Crippen LogP contribution in [0.2, 0.25) is 0 Å². The molecule has 0 N–H and O–H groups in total. The molecule has 2 fully saturated rings. The van der Waals surface area contributed by atoms with Gasteiger partial charge in [0, 0.05) is 37.4 Å². The van der Waals surface area contributed by atoms with Crippen LogP contribution < -0.4 is 0 Å². The quantitative estimate of drug-likeness (QED) is 0.316. The lowest BCUT2D eigenvalue weighted by molar-refractivity contribution is -0.185. The van der Waals surface area contributed by atoms with Gasteiger partial charge >= 0.3 is 0 Å². The van der Waals surface area contributed by atoms with Crippen molar-refractivity contribution >= 4 is 0 Å². The highest BCUT2D eigenvalue weighted by Gasteiger charge is 2.39. The molecule has 0 unspecified atom stereocenters. The predicted octanol–water partition coefficient (Wildman–Crippen LogP) is 1.53. The van der Waals surface area contributed by atoms with Gasteiger partial charge in [0.1, 0.15) is 0 Å². The molecule has 0 radical (unpaired) electrons. The van der Waals surface area contributed by atoms with Crippen molar-refractivity contribution < 1.29 is 9.47 Å². The van der Waals surface area contributed by atoms with Crippen LogP contribution in [-0.2, 0) is 9.47 Å². The topological polar surface area (TPSA) is 70.5 Å². The molecule has 2 rings (SSSR count). The molecule has 6 nitrogen and oxygen atoms in total. The molecule has 2 aliphatic rings. The van der Waals surface area contributed by atoms with E-state index in [1.54, 1.807) is 0 Å². The Morgan fingerprint density at radius 3 is 2.56 bits per heavy atom. The van der Waals surface area contributed by atoms with E-state index >= 15 is 0 Å². The molecule has 2 aliphatic heterocycles. The van der Waals surface area contributed by atoms with E-state index < -0.39 is 0 Å². The van der Waals surface area contributed by atoms with E-state index in [2.05, 4.69) is 14.9 Å². The SMILES string of the molecule is [N-]=[N+]=NCCCN1CCC2(CC1)OCCO2. The van der Waals surface area contributed by atoms with Crippen LogP contribution in [0.1, 0.15) is 19.3 Å². The van der Waals surface area contributed by atoms with Gasteiger partial charge in [-0.05, 0) is 18.5 Å². The molecular weight excluding hydrogens is 208 g/mol. The van der Waals surface area contributed by atoms with Crippen molar-refractivity contribution in [1.82, 2.24) is 4.90 Å². The molecule has 0 bridgehead atoms. The molecule has 0 atom stereocenters. The van der Waals surface area contributed by atoms with Gasteiger partial charge in [0.05, 0.1) is 13.2 Å². The fourth-order valence-electron chi connectivity index (χ4n) is 2.31. The van der Waals surface area contributed by atoms with Gasteiger partial charge in [0.2, 0.25) is 0 Å². The van der Waals surface area contributed by atoms with Gasteiger partial charge in [-0.25, -0.2) is 0 Å². The number of piperidine rings is 1. The lowest BCUT2D eigenvalue weighted by Gasteiger charge is -2.37. The Labute approximate surface area is 95.1 Å². The molecule has 1 spiro atoms. The maximum absolute atomic E-state index is 8.15. The van der Waals surface area contributed by atoms with E-state index in [-0.39, 0.29) is 5.79 Å². The Kier molecular flexibility index (Phi) is 4.01. The number of nitrogens with zero attached hydrogens (tertiary/aromatic N) is 4. The van der Waals surface area contributed by atoms with Crippen LogP contribution in [0.4, 0.5) is 0 Å². The third-order valence-electron chi connectivity index (χ3n) is 3.23. The lowest BCUT2D eigenvalue weighted by atomic mass is 10.0. The standard InChI is InChI=1S/C10H18N4O2/c11-13-12-4-1-5-14-6-2-10(3-7-14)15-8-9-16-10/h1-9H2. The van der Waals surface area contributed by atoms with E-state index in [9.17, 15) is 0 Å². The van der Waals surface area contributed by atoms with Crippen molar-refractivity contribution in [3.8, 4) is 0 Å². The Morgan fingerprint density at radius 1 is 1.25 bits per heavy atom. The highest BCUT2D eigenvalue weighted by Crippen LogP contribution is 2.31. The average molecular weight is 226 g/mol. The number of ether oxygens (including phenoxy) is 2. The average Bonchev–Trinajstić information content (AvgIpc) is 2.76. The largest absolute Gasteiger partial charge is 0.347 e. The zero-order chi connectivity index (χ0) is 11.3. The zero-order valence-electron chi connectivity index (χ0n) is 9.47. The van der Waals surface area contributed by atoms with E-state index in [1.807, 2.05) is 0 Å². The maximum atomic E-state index is 8.15. The van der Waals surface area contributed by atoms with Crippen molar-refractivity contribution in [2.24, 2.45) is 5.11 Å². The fourth-order valence-corrected chi connectivity index (χ4v) is 2.31. The Morgan fingerprint density at radius 2 is 1.94 bits per heavy atom. The first-order valence-corrected chi connectivity index (χ1v) is 5.86. The Hall–Kier alpha value is -0.810. The number of azide groups is 1. The van der Waals surface area contributed by atoms with Crippen LogP contribution in [0.5, 0.6) is 0 Å². The minimum atomic E-state index is -0.276. The minimum absolute atomic E-state index is 0.276. The highest BCUT2D eigenvalue weighted by molar-refractivity contribution is 4.82. The van der Waals surface area contributed by atoms with Crippen LogP contribution in [0.3, 0.4) is 0 Å². The number of hydrogen-bond acceptors (Lipinski definition) is 4. The molecule has 0 aliphatic carbocycles. The van der Waals surface area contributed by atoms with Crippen molar-refractivity contribution in [3.05, 3.63) is 10.4 Å². The lowest BCUT2D eigenvalue weighted by Crippen LogP contribution is -2.45. The molecule has 2 saturated heterocycles. The summed E-state index contributed by atoms with van der Waals surface area (Å²) in [6.45, 7) is 5.07. The first-order chi connectivity index (χ1) is 7.85. The van der Waals surface area contributed by atoms with Gasteiger partial charge in [-0.2, -0.15) is 0 Å². The van der Waals surface area contributed by atoms with Crippen molar-refractivity contribution in [1.29, 1.82) is 0 Å². The summed E-state index contributed by atoms with van der Waals surface area (Å²) < 4.78 is 11.3. The van der Waals surface area contributed by atoms with Crippen LogP contribution in [0.25, 0.3) is 10.4 Å². The van der Waals surface area contributed by atoms with E-state index in [1.165, 1.54) is 0 Å². The van der Waals surface area contributed by atoms with Crippen molar-refractivity contribution in [3.63, 3.8) is 0 Å². The molecule has 0 saturated carbocycles. The molecular formula is C10H18N4O2. The second-order valence-corrected chi connectivity index (χ2v) is 4.26. The fraction of sp³-hybridized carbons (Fsp3) is 1.00. The van der Waals surface area contributed by atoms with E-state index in [4.69, 9.17) is 15.0 Å². The summed E-state index contributed by atoms with van der Waals surface area (Å²) in [5, 5.41) is 3.53. The smallest absolute Gasteiger partial charge is 0.170 e. The molecule has 16 heavy (non-hydrogen) atoms. The molecule has 0 aromatic carbocycles. The second kappa shape index (κ2) is 5.50. The summed E-state index contributed by atoms with van der Waals surface area (Å²) in [6, 6.07) is 0. The van der Waals surface area contributed by atoms with Gasteiger partial charge in [0.25, 0.3) is 0 Å². The van der Waals surface area contributed by atoms with Crippen molar-refractivity contribution in [2.75, 3.05) is 39.4 Å². The number of likely N-dealkylation sites (tertiary alicyclic amines) is 1. The molecule has 0 aromatic heterocycles.